The van der Waals surface area contributed by atoms with Crippen LogP contribution in [0, 0.1) is 6.92 Å². The zero-order valence-corrected chi connectivity index (χ0v) is 17.0. The normalized spacial score (nSPS) is 14.0. The van der Waals surface area contributed by atoms with Gasteiger partial charge in [0.25, 0.3) is 10.0 Å². The van der Waals surface area contributed by atoms with E-state index in [1.54, 1.807) is 61.8 Å². The Morgan fingerprint density at radius 3 is 2.47 bits per heavy atom. The van der Waals surface area contributed by atoms with Crippen LogP contribution < -0.4 is 4.72 Å². The minimum atomic E-state index is -3.79. The largest absolute Gasteiger partial charge is 0.440 e. The molecule has 1 fully saturated rings. The van der Waals surface area contributed by atoms with E-state index in [-0.39, 0.29) is 4.90 Å². The fourth-order valence-corrected chi connectivity index (χ4v) is 4.59. The number of nitrogens with one attached hydrogen (secondary N) is 1. The molecule has 1 N–H and O–H groups in total. The number of hydrogen-bond acceptors (Lipinski definition) is 6. The van der Waals surface area contributed by atoms with Crippen LogP contribution in [0.4, 0.5) is 5.69 Å². The summed E-state index contributed by atoms with van der Waals surface area (Å²) in [4.78, 5) is 4.52. The summed E-state index contributed by atoms with van der Waals surface area (Å²) in [5.41, 5.74) is 2.59. The van der Waals surface area contributed by atoms with Crippen molar-refractivity contribution in [1.82, 2.24) is 10.1 Å². The lowest BCUT2D eigenvalue weighted by molar-refractivity contribution is 0.432. The van der Waals surface area contributed by atoms with E-state index in [1.807, 2.05) is 6.07 Å². The minimum Gasteiger partial charge on any atom is -0.440 e. The van der Waals surface area contributed by atoms with Gasteiger partial charge in [-0.2, -0.15) is 0 Å². The third-order valence-electron chi connectivity index (χ3n) is 5.07. The van der Waals surface area contributed by atoms with Gasteiger partial charge in [-0.3, -0.25) is 4.72 Å². The summed E-state index contributed by atoms with van der Waals surface area (Å²) in [5.74, 6) is 2.31. The Bertz CT molecular complexity index is 1290. The highest BCUT2D eigenvalue weighted by molar-refractivity contribution is 7.92. The van der Waals surface area contributed by atoms with E-state index in [0.29, 0.717) is 34.3 Å². The molecule has 2 heterocycles. The number of hydrogen-bond donors (Lipinski definition) is 1. The van der Waals surface area contributed by atoms with Gasteiger partial charge in [-0.15, -0.1) is 0 Å². The predicted octanol–water partition coefficient (Wildman–Crippen LogP) is 4.98. The van der Waals surface area contributed by atoms with E-state index >= 15 is 0 Å². The van der Waals surface area contributed by atoms with Crippen molar-refractivity contribution in [2.24, 2.45) is 0 Å². The number of anilines is 1. The highest BCUT2D eigenvalue weighted by Gasteiger charge is 2.29. The first-order valence-electron chi connectivity index (χ1n) is 9.60. The average molecular weight is 421 g/mol. The van der Waals surface area contributed by atoms with E-state index < -0.39 is 10.0 Å². The molecule has 0 aliphatic heterocycles. The van der Waals surface area contributed by atoms with Crippen molar-refractivity contribution in [3.63, 3.8) is 0 Å². The van der Waals surface area contributed by atoms with Crippen LogP contribution in [0.5, 0.6) is 0 Å². The summed E-state index contributed by atoms with van der Waals surface area (Å²) >= 11 is 0. The lowest BCUT2D eigenvalue weighted by atomic mass is 10.1. The van der Waals surface area contributed by atoms with E-state index in [4.69, 9.17) is 8.94 Å². The molecule has 1 aliphatic carbocycles. The molecule has 4 aromatic rings. The van der Waals surface area contributed by atoms with Gasteiger partial charge < -0.3 is 8.94 Å². The van der Waals surface area contributed by atoms with Crippen LogP contribution in [-0.4, -0.2) is 18.6 Å². The number of sulfonamides is 1. The van der Waals surface area contributed by atoms with Crippen molar-refractivity contribution in [3.05, 3.63) is 72.4 Å². The van der Waals surface area contributed by atoms with Gasteiger partial charge in [-0.05, 0) is 55.7 Å². The minimum absolute atomic E-state index is 0.198. The topological polar surface area (TPSA) is 98.2 Å². The van der Waals surface area contributed by atoms with Crippen LogP contribution >= 0.6 is 0 Å². The molecular weight excluding hydrogens is 402 g/mol. The van der Waals surface area contributed by atoms with Crippen LogP contribution in [0.1, 0.15) is 30.2 Å². The van der Waals surface area contributed by atoms with Crippen LogP contribution in [0.15, 0.2) is 74.8 Å². The molecule has 7 nitrogen and oxygen atoms in total. The lowest BCUT2D eigenvalue weighted by Gasteiger charge is -2.12. The molecule has 0 atom stereocenters. The molecule has 8 heteroatoms. The fourth-order valence-electron chi connectivity index (χ4n) is 3.26. The van der Waals surface area contributed by atoms with E-state index in [1.165, 1.54) is 0 Å². The Balaban J connectivity index is 1.41. The van der Waals surface area contributed by atoms with Crippen molar-refractivity contribution < 1.29 is 17.4 Å². The second-order valence-corrected chi connectivity index (χ2v) is 9.03. The molecule has 0 spiro atoms. The van der Waals surface area contributed by atoms with Crippen LogP contribution in [-0.2, 0) is 10.0 Å². The molecule has 0 saturated heterocycles. The van der Waals surface area contributed by atoms with E-state index in [2.05, 4.69) is 14.9 Å². The van der Waals surface area contributed by atoms with Crippen molar-refractivity contribution in [3.8, 4) is 22.6 Å². The van der Waals surface area contributed by atoms with Crippen molar-refractivity contribution in [1.29, 1.82) is 0 Å². The van der Waals surface area contributed by atoms with Crippen LogP contribution in [0.25, 0.3) is 22.6 Å². The Labute approximate surface area is 173 Å². The van der Waals surface area contributed by atoms with Crippen molar-refractivity contribution in [2.75, 3.05) is 4.72 Å². The second-order valence-electron chi connectivity index (χ2n) is 7.38. The quantitative estimate of drug-likeness (QED) is 0.471. The van der Waals surface area contributed by atoms with Crippen LogP contribution in [0.2, 0.25) is 0 Å². The van der Waals surface area contributed by atoms with Gasteiger partial charge in [0, 0.05) is 28.8 Å². The molecule has 30 heavy (non-hydrogen) atoms. The third kappa shape index (κ3) is 3.61. The van der Waals surface area contributed by atoms with Crippen LogP contribution in [0.3, 0.4) is 0 Å². The third-order valence-corrected chi connectivity index (χ3v) is 6.60. The Hall–Kier alpha value is -3.39. The monoisotopic (exact) mass is 421 g/mol. The van der Waals surface area contributed by atoms with Gasteiger partial charge in [0.05, 0.1) is 17.3 Å². The van der Waals surface area contributed by atoms with Crippen molar-refractivity contribution in [2.45, 2.75) is 30.6 Å². The number of aryl methyl sites for hydroxylation is 1. The maximum atomic E-state index is 13.1. The van der Waals surface area contributed by atoms with Gasteiger partial charge in [0.2, 0.25) is 0 Å². The lowest BCUT2D eigenvalue weighted by Crippen LogP contribution is -2.14. The summed E-state index contributed by atoms with van der Waals surface area (Å²) in [5, 5.41) is 3.68. The van der Waals surface area contributed by atoms with Gasteiger partial charge in [0.1, 0.15) is 0 Å². The molecule has 0 radical (unpaired) electrons. The first-order chi connectivity index (χ1) is 14.5. The smallest absolute Gasteiger partial charge is 0.262 e. The summed E-state index contributed by atoms with van der Waals surface area (Å²) < 4.78 is 39.7. The Morgan fingerprint density at radius 1 is 1.00 bits per heavy atom. The molecule has 1 aliphatic rings. The first kappa shape index (κ1) is 18.6. The molecule has 0 amide bonds. The van der Waals surface area contributed by atoms with E-state index in [0.717, 1.165) is 24.3 Å². The SMILES string of the molecule is Cc1ccc(-c2cnc(C3CC3)o2)cc1S(=O)(=O)Nc1ccc(-c2ccno2)cc1. The predicted molar refractivity (Wildman–Crippen MR) is 111 cm³/mol. The molecule has 1 saturated carbocycles. The number of benzene rings is 2. The number of aromatic nitrogens is 2. The standard InChI is InChI=1S/C22H19N3O4S/c1-14-2-3-17(20-13-23-22(28-20)16-4-5-16)12-21(14)30(26,27)25-18-8-6-15(7-9-18)19-10-11-24-29-19/h2-3,6-13,16,25H,4-5H2,1H3. The molecule has 2 aromatic heterocycles. The zero-order valence-electron chi connectivity index (χ0n) is 16.2. The maximum Gasteiger partial charge on any atom is 0.262 e. The Kier molecular flexibility index (Phi) is 4.43. The molecule has 2 aromatic carbocycles. The van der Waals surface area contributed by atoms with Gasteiger partial charge >= 0.3 is 0 Å². The highest BCUT2D eigenvalue weighted by atomic mass is 32.2. The number of nitrogens with zero attached hydrogens (tertiary/aromatic N) is 2. The summed E-state index contributed by atoms with van der Waals surface area (Å²) in [6.45, 7) is 1.77. The van der Waals surface area contributed by atoms with Gasteiger partial charge in [-0.1, -0.05) is 17.3 Å². The first-order valence-corrected chi connectivity index (χ1v) is 11.1. The molecular formula is C22H19N3O4S. The highest BCUT2D eigenvalue weighted by Crippen LogP contribution is 2.40. The summed E-state index contributed by atoms with van der Waals surface area (Å²) in [7, 11) is -3.79. The van der Waals surface area contributed by atoms with Gasteiger partial charge in [0.15, 0.2) is 17.4 Å². The molecule has 5 rings (SSSR count). The van der Waals surface area contributed by atoms with Gasteiger partial charge in [-0.25, -0.2) is 13.4 Å². The molecule has 0 bridgehead atoms. The zero-order chi connectivity index (χ0) is 20.7. The fraction of sp³-hybridized carbons (Fsp3) is 0.182. The van der Waals surface area contributed by atoms with E-state index in [9.17, 15) is 8.42 Å². The molecule has 0 unspecified atom stereocenters. The second kappa shape index (κ2) is 7.14. The number of oxazole rings is 1. The molecule has 152 valence electrons. The number of rotatable bonds is 6. The average Bonchev–Trinajstić information content (AvgIpc) is 3.23. The van der Waals surface area contributed by atoms with Crippen molar-refractivity contribution >= 4 is 15.7 Å². The summed E-state index contributed by atoms with van der Waals surface area (Å²) in [6.07, 6.45) is 5.40. The maximum absolute atomic E-state index is 13.1. The Morgan fingerprint density at radius 2 is 1.77 bits per heavy atom. The summed E-state index contributed by atoms with van der Waals surface area (Å²) in [6, 6.07) is 13.9.